The van der Waals surface area contributed by atoms with Gasteiger partial charge >= 0.3 is 19.8 Å². The molecule has 6 aliphatic rings. The molecule has 3 saturated heterocycles. The van der Waals surface area contributed by atoms with Gasteiger partial charge in [0, 0.05) is 75.2 Å². The van der Waals surface area contributed by atoms with Gasteiger partial charge in [0.15, 0.2) is 49.9 Å². The summed E-state index contributed by atoms with van der Waals surface area (Å²) in [6.07, 6.45) is 5.80. The Kier molecular flexibility index (Phi) is 21.4. The normalized spacial score (nSPS) is 20.6. The largest absolute Gasteiger partial charge is 0.486 e. The number of amides is 4. The molecule has 3 saturated carbocycles. The second-order valence-corrected chi connectivity index (χ2v) is 25.0. The Morgan fingerprint density at radius 1 is 0.538 bits per heavy atom. The summed E-state index contributed by atoms with van der Waals surface area (Å²) in [6.45, 7) is -5.54. The van der Waals surface area contributed by atoms with E-state index in [1.54, 1.807) is 6.20 Å². The van der Waals surface area contributed by atoms with Crippen LogP contribution in [0.15, 0.2) is 73.2 Å². The van der Waals surface area contributed by atoms with Crippen molar-refractivity contribution in [1.29, 1.82) is 10.7 Å². The van der Waals surface area contributed by atoms with Crippen LogP contribution in [0.3, 0.4) is 0 Å². The Morgan fingerprint density at radius 3 is 1.16 bits per heavy atom. The second-order valence-electron chi connectivity index (χ2n) is 22.0. The number of thiazole rings is 3. The van der Waals surface area contributed by atoms with E-state index in [2.05, 4.69) is 45.1 Å². The van der Waals surface area contributed by atoms with E-state index < -0.39 is 49.3 Å². The number of rotatable bonds is 23. The van der Waals surface area contributed by atoms with Crippen molar-refractivity contribution in [2.24, 2.45) is 23.5 Å². The molecule has 0 radical (unpaired) electrons. The average Bonchev–Trinajstić information content (AvgIpc) is 1.63. The zero-order valence-corrected chi connectivity index (χ0v) is 51.1. The van der Waals surface area contributed by atoms with E-state index in [9.17, 15) is 58.7 Å². The minimum absolute atomic E-state index is 0.00108. The van der Waals surface area contributed by atoms with Gasteiger partial charge in [0.2, 0.25) is 23.6 Å². The number of nitrogens with one attached hydrogen (secondary N) is 4. The number of aromatic nitrogens is 3. The summed E-state index contributed by atoms with van der Waals surface area (Å²) in [6, 6.07) is 11.2. The fourth-order valence-electron chi connectivity index (χ4n) is 10.2. The molecule has 3 aromatic carbocycles. The molecule has 12 rings (SSSR count). The first kappa shape index (κ1) is 66.9. The standard InChI is InChI=1S/C20H21F3N4O4S.C19H19F3N4O4S.C19H17F3N4O3S/c1-29-17(24)16-7-25-20(32-16)27-8-12(9-27)26-18(28)10-4-13(5-10)30-15-6-11(21)2-3-14(15)31-19(22)23;20-10-1-2-13(30-18(21)22)14(5-10)29-12-3-9(4-12)17(28)25-11-7-26(8-11)19-24-6-15(31-19)16(23)27;20-11-1-2-15(29-18(21)22)16(5-11)28-13-3-10(4-13)17(27)25-12-8-26(9-12)19-24-7-14(6-23)30-19/h2-3,6-7,10,12-13,19,24H,4-5,8-9H2,1H3,(H,26,28);1-2,5-6,9,11-12,18H,3-4,7-8H2,(H2,23,27)(H,25,28);1-2,5,7,10,12-13,18H,3-4,8-9H2,(H,25,27). The fourth-order valence-corrected chi connectivity index (χ4v) is 12.6. The van der Waals surface area contributed by atoms with Crippen LogP contribution in [0.1, 0.15) is 58.0 Å². The van der Waals surface area contributed by atoms with Crippen LogP contribution in [-0.4, -0.2) is 147 Å². The number of carbonyl (C=O) groups is 4. The Balaban J connectivity index is 0.000000153. The highest BCUT2D eigenvalue weighted by Crippen LogP contribution is 2.41. The first-order chi connectivity index (χ1) is 44.5. The number of benzene rings is 3. The van der Waals surface area contributed by atoms with E-state index in [-0.39, 0.29) is 106 Å². The van der Waals surface area contributed by atoms with Gasteiger partial charge in [-0.2, -0.15) is 31.6 Å². The molecule has 3 aliphatic carbocycles. The number of nitrogens with two attached hydrogens (primary N) is 1. The van der Waals surface area contributed by atoms with Crippen molar-refractivity contribution in [2.45, 2.75) is 94.8 Å². The van der Waals surface area contributed by atoms with Crippen molar-refractivity contribution in [1.82, 2.24) is 30.9 Å². The van der Waals surface area contributed by atoms with Crippen LogP contribution < -0.4 is 64.8 Å². The molecule has 0 atom stereocenters. The number of carbonyl (C=O) groups excluding carboxylic acids is 4. The van der Waals surface area contributed by atoms with Crippen LogP contribution in [0.25, 0.3) is 0 Å². The van der Waals surface area contributed by atoms with Gasteiger partial charge in [-0.1, -0.05) is 34.0 Å². The highest BCUT2D eigenvalue weighted by Gasteiger charge is 2.43. The quantitative estimate of drug-likeness (QED) is 0.0230. The van der Waals surface area contributed by atoms with Crippen molar-refractivity contribution in [3.05, 3.63) is 105 Å². The van der Waals surface area contributed by atoms with E-state index in [1.807, 2.05) is 20.8 Å². The van der Waals surface area contributed by atoms with Gasteiger partial charge in [-0.3, -0.25) is 24.6 Å². The SMILES string of the molecule is COC(=N)c1cnc(N2CC(NC(=O)C3CC(Oc4cc(F)ccc4OC(F)F)C3)C2)s1.N#Cc1cnc(N2CC(NC(=O)C3CC(Oc4cc(F)ccc4OC(F)F)C3)C2)s1.NC(=O)c1cnc(N2CC(NC(=O)C3CC(Oc4cc(F)ccc4OC(F)F)C3)C2)s1. The molecule has 0 unspecified atom stereocenters. The van der Waals surface area contributed by atoms with Crippen molar-refractivity contribution < 1.29 is 91.8 Å². The lowest BCUT2D eigenvalue weighted by molar-refractivity contribution is -0.132. The van der Waals surface area contributed by atoms with E-state index >= 15 is 0 Å². The Bertz CT molecular complexity index is 3680. The first-order valence-electron chi connectivity index (χ1n) is 28.6. The van der Waals surface area contributed by atoms with Gasteiger partial charge in [0.25, 0.3) is 5.91 Å². The number of alkyl halides is 6. The molecular weight excluding hydrogens is 1310 g/mol. The molecule has 6 fully saturated rings. The number of nitriles is 1. The van der Waals surface area contributed by atoms with Crippen molar-refractivity contribution in [3.8, 4) is 40.6 Å². The lowest BCUT2D eigenvalue weighted by atomic mass is 9.81. The molecule has 6 aromatic rings. The topological polar surface area (TPSA) is 291 Å². The minimum atomic E-state index is -3.05. The van der Waals surface area contributed by atoms with Gasteiger partial charge in [0.1, 0.15) is 56.5 Å². The van der Waals surface area contributed by atoms with Crippen LogP contribution >= 0.6 is 34.0 Å². The van der Waals surface area contributed by atoms with E-state index in [4.69, 9.17) is 35.4 Å². The van der Waals surface area contributed by atoms with Crippen molar-refractivity contribution in [2.75, 3.05) is 61.1 Å². The fraction of sp³-hybridized carbons (Fsp3) is 0.431. The Hall–Kier alpha value is -9.04. The third-order valence-corrected chi connectivity index (χ3v) is 18.5. The second kappa shape index (κ2) is 29.7. The summed E-state index contributed by atoms with van der Waals surface area (Å²) < 4.78 is 150. The number of methoxy groups -OCH3 is 1. The molecule has 4 amide bonds. The number of primary amides is 1. The van der Waals surface area contributed by atoms with Gasteiger partial charge < -0.3 is 69.5 Å². The summed E-state index contributed by atoms with van der Waals surface area (Å²) in [7, 11) is 1.43. The van der Waals surface area contributed by atoms with Crippen molar-refractivity contribution >= 4 is 78.9 Å². The lowest BCUT2D eigenvalue weighted by Crippen LogP contribution is -2.61. The molecular formula is C58H57F9N12O11S3. The number of hydrogen-bond acceptors (Lipinski definition) is 22. The zero-order valence-electron chi connectivity index (χ0n) is 48.7. The highest BCUT2D eigenvalue weighted by atomic mass is 32.1. The van der Waals surface area contributed by atoms with Crippen LogP contribution in [0.4, 0.5) is 54.9 Å². The summed E-state index contributed by atoms with van der Waals surface area (Å²) in [5, 5.41) is 27.6. The Labute approximate surface area is 535 Å². The van der Waals surface area contributed by atoms with Crippen LogP contribution in [0.2, 0.25) is 0 Å². The molecule has 6 heterocycles. The predicted octanol–water partition coefficient (Wildman–Crippen LogP) is 8.08. The molecule has 0 bridgehead atoms. The van der Waals surface area contributed by atoms with Gasteiger partial charge in [-0.05, 0) is 74.9 Å². The van der Waals surface area contributed by atoms with Crippen LogP contribution in [0.5, 0.6) is 34.5 Å². The monoisotopic (exact) mass is 1360 g/mol. The number of anilines is 3. The molecule has 6 N–H and O–H groups in total. The predicted molar refractivity (Wildman–Crippen MR) is 316 cm³/mol. The van der Waals surface area contributed by atoms with E-state index in [0.29, 0.717) is 97.6 Å². The number of hydrogen-bond donors (Lipinski definition) is 5. The molecule has 3 aliphatic heterocycles. The van der Waals surface area contributed by atoms with Crippen molar-refractivity contribution in [3.63, 3.8) is 0 Å². The highest BCUT2D eigenvalue weighted by molar-refractivity contribution is 7.18. The zero-order chi connectivity index (χ0) is 66.2. The molecule has 496 valence electrons. The smallest absolute Gasteiger partial charge is 0.387 e. The minimum Gasteiger partial charge on any atom is -0.486 e. The third-order valence-electron chi connectivity index (χ3n) is 15.4. The van der Waals surface area contributed by atoms with Gasteiger partial charge in [-0.15, -0.1) is 0 Å². The van der Waals surface area contributed by atoms with Crippen LogP contribution in [-0.2, 0) is 19.1 Å². The summed E-state index contributed by atoms with van der Waals surface area (Å²) in [5.41, 5.74) is 5.22. The maximum Gasteiger partial charge on any atom is 0.387 e. The summed E-state index contributed by atoms with van der Waals surface area (Å²) in [4.78, 5) is 68.4. The molecule has 35 heteroatoms. The van der Waals surface area contributed by atoms with E-state index in [0.717, 1.165) is 64.9 Å². The molecule has 3 aromatic heterocycles. The molecule has 93 heavy (non-hydrogen) atoms. The molecule has 0 spiro atoms. The molecule has 23 nitrogen and oxygen atoms in total. The third kappa shape index (κ3) is 17.4. The number of nitrogens with zero attached hydrogens (tertiary/aromatic N) is 7. The summed E-state index contributed by atoms with van der Waals surface area (Å²) >= 11 is 3.86. The maximum absolute atomic E-state index is 13.5. The average molecular weight is 1370 g/mol. The maximum atomic E-state index is 13.5. The Morgan fingerprint density at radius 2 is 0.860 bits per heavy atom. The van der Waals surface area contributed by atoms with Gasteiger partial charge in [0.05, 0.1) is 43.8 Å². The first-order valence-corrected chi connectivity index (χ1v) is 31.1. The lowest BCUT2D eigenvalue weighted by Gasteiger charge is -2.41. The summed E-state index contributed by atoms with van der Waals surface area (Å²) in [5.74, 6) is -4.50. The van der Waals surface area contributed by atoms with Gasteiger partial charge in [-0.25, -0.2) is 28.1 Å². The number of ether oxygens (including phenoxy) is 7. The number of halogens is 9. The van der Waals surface area contributed by atoms with E-state index in [1.165, 1.54) is 53.5 Å². The van der Waals surface area contributed by atoms with Crippen LogP contribution in [0, 0.1) is 51.9 Å².